The first-order valence-corrected chi connectivity index (χ1v) is 4.75. The van der Waals surface area contributed by atoms with Gasteiger partial charge in [0.2, 0.25) is 5.91 Å². The molecule has 1 aliphatic heterocycles. The lowest BCUT2D eigenvalue weighted by Gasteiger charge is -2.27. The minimum Gasteiger partial charge on any atom is -0.350 e. The molecule has 1 fully saturated rings. The van der Waals surface area contributed by atoms with Crippen LogP contribution in [-0.4, -0.2) is 35.2 Å². The van der Waals surface area contributed by atoms with Crippen LogP contribution in [0.1, 0.15) is 11.4 Å². The normalized spacial score (nSPS) is 15.3. The van der Waals surface area contributed by atoms with Gasteiger partial charge in [-0.2, -0.15) is 5.10 Å². The van der Waals surface area contributed by atoms with Gasteiger partial charge in [0, 0.05) is 18.8 Å². The summed E-state index contributed by atoms with van der Waals surface area (Å²) in [6.07, 6.45) is 0.362. The fraction of sp³-hybridized carbons (Fsp3) is 0.556. The Morgan fingerprint density at radius 3 is 2.87 bits per heavy atom. The molecule has 0 saturated carbocycles. The van der Waals surface area contributed by atoms with Gasteiger partial charge in [0.1, 0.15) is 0 Å². The number of aromatic nitrogens is 2. The number of halogens is 1. The fourth-order valence-corrected chi connectivity index (χ4v) is 1.40. The van der Waals surface area contributed by atoms with Gasteiger partial charge in [-0.05, 0) is 13.0 Å². The molecule has 1 saturated heterocycles. The highest BCUT2D eigenvalue weighted by molar-refractivity contribution is 5.85. The number of nitrogens with one attached hydrogen (secondary N) is 3. The third-order valence-electron chi connectivity index (χ3n) is 2.25. The molecule has 1 aromatic rings. The lowest BCUT2D eigenvalue weighted by Crippen LogP contribution is -2.57. The van der Waals surface area contributed by atoms with Crippen LogP contribution < -0.4 is 10.6 Å². The van der Waals surface area contributed by atoms with Crippen molar-refractivity contribution in [2.24, 2.45) is 0 Å². The molecule has 0 spiro atoms. The van der Waals surface area contributed by atoms with Gasteiger partial charge >= 0.3 is 0 Å². The molecule has 6 heteroatoms. The van der Waals surface area contributed by atoms with Crippen molar-refractivity contribution in [2.75, 3.05) is 13.1 Å². The van der Waals surface area contributed by atoms with Crippen LogP contribution in [0, 0.1) is 6.92 Å². The van der Waals surface area contributed by atoms with Gasteiger partial charge in [-0.25, -0.2) is 0 Å². The molecule has 1 aromatic heterocycles. The molecule has 0 bridgehead atoms. The molecule has 0 unspecified atom stereocenters. The Morgan fingerprint density at radius 2 is 2.40 bits per heavy atom. The summed E-state index contributed by atoms with van der Waals surface area (Å²) < 4.78 is 0. The standard InChI is InChI=1S/C9H14N4O.ClH/c1-6-2-7(13-12-6)3-9(14)11-8-4-10-5-8;/h2,8,10H,3-5H2,1H3,(H,11,14)(H,12,13);1H. The molecule has 2 rings (SSSR count). The molecule has 1 aliphatic rings. The number of rotatable bonds is 3. The SMILES string of the molecule is Cc1cc(CC(=O)NC2CNC2)n[nH]1.Cl. The van der Waals surface area contributed by atoms with Crippen molar-refractivity contribution in [1.29, 1.82) is 0 Å². The predicted octanol–water partition coefficient (Wildman–Crippen LogP) is -0.230. The van der Waals surface area contributed by atoms with E-state index in [4.69, 9.17) is 0 Å². The molecule has 15 heavy (non-hydrogen) atoms. The van der Waals surface area contributed by atoms with Gasteiger partial charge in [-0.3, -0.25) is 9.89 Å². The molecule has 0 aliphatic carbocycles. The summed E-state index contributed by atoms with van der Waals surface area (Å²) in [5, 5.41) is 12.8. The second kappa shape index (κ2) is 5.14. The first-order valence-electron chi connectivity index (χ1n) is 4.75. The Morgan fingerprint density at radius 1 is 1.67 bits per heavy atom. The van der Waals surface area contributed by atoms with Crippen molar-refractivity contribution in [1.82, 2.24) is 20.8 Å². The number of aryl methyl sites for hydroxylation is 1. The quantitative estimate of drug-likeness (QED) is 0.672. The van der Waals surface area contributed by atoms with Crippen LogP contribution in [-0.2, 0) is 11.2 Å². The van der Waals surface area contributed by atoms with E-state index in [0.717, 1.165) is 24.5 Å². The van der Waals surface area contributed by atoms with E-state index in [9.17, 15) is 4.79 Å². The maximum atomic E-state index is 11.4. The zero-order chi connectivity index (χ0) is 9.97. The van der Waals surface area contributed by atoms with E-state index < -0.39 is 0 Å². The maximum absolute atomic E-state index is 11.4. The van der Waals surface area contributed by atoms with Gasteiger partial charge < -0.3 is 10.6 Å². The van der Waals surface area contributed by atoms with E-state index in [0.29, 0.717) is 12.5 Å². The van der Waals surface area contributed by atoms with E-state index in [1.165, 1.54) is 0 Å². The fourth-order valence-electron chi connectivity index (χ4n) is 1.40. The van der Waals surface area contributed by atoms with Crippen molar-refractivity contribution >= 4 is 18.3 Å². The Bertz CT molecular complexity index is 335. The monoisotopic (exact) mass is 230 g/mol. The van der Waals surface area contributed by atoms with Crippen LogP contribution in [0.3, 0.4) is 0 Å². The van der Waals surface area contributed by atoms with Crippen molar-refractivity contribution in [2.45, 2.75) is 19.4 Å². The Balaban J connectivity index is 0.00000112. The van der Waals surface area contributed by atoms with Gasteiger partial charge in [0.05, 0.1) is 18.2 Å². The minimum absolute atomic E-state index is 0. The Hall–Kier alpha value is -1.07. The van der Waals surface area contributed by atoms with Crippen LogP contribution >= 0.6 is 12.4 Å². The second-order valence-corrected chi connectivity index (χ2v) is 3.64. The van der Waals surface area contributed by atoms with Crippen LogP contribution in [0.25, 0.3) is 0 Å². The third-order valence-corrected chi connectivity index (χ3v) is 2.25. The first-order chi connectivity index (χ1) is 6.74. The van der Waals surface area contributed by atoms with E-state index in [1.807, 2.05) is 13.0 Å². The highest BCUT2D eigenvalue weighted by atomic mass is 35.5. The third kappa shape index (κ3) is 3.21. The molecule has 1 amide bonds. The summed E-state index contributed by atoms with van der Waals surface area (Å²) in [5.41, 5.74) is 1.78. The molecule has 0 atom stereocenters. The molecule has 0 radical (unpaired) electrons. The smallest absolute Gasteiger partial charge is 0.226 e. The van der Waals surface area contributed by atoms with Crippen LogP contribution in [0.15, 0.2) is 6.07 Å². The van der Waals surface area contributed by atoms with E-state index >= 15 is 0 Å². The second-order valence-electron chi connectivity index (χ2n) is 3.64. The van der Waals surface area contributed by atoms with Crippen molar-refractivity contribution in [3.8, 4) is 0 Å². The molecular formula is C9H15ClN4O. The number of amides is 1. The topological polar surface area (TPSA) is 69.8 Å². The van der Waals surface area contributed by atoms with E-state index in [-0.39, 0.29) is 18.3 Å². The Labute approximate surface area is 94.4 Å². The summed E-state index contributed by atoms with van der Waals surface area (Å²) in [5.74, 6) is 0.0444. The molecule has 2 heterocycles. The van der Waals surface area contributed by atoms with E-state index in [1.54, 1.807) is 0 Å². The summed E-state index contributed by atoms with van der Waals surface area (Å²) in [4.78, 5) is 11.4. The van der Waals surface area contributed by atoms with Crippen molar-refractivity contribution in [3.05, 3.63) is 17.5 Å². The van der Waals surface area contributed by atoms with Gasteiger partial charge in [-0.1, -0.05) is 0 Å². The average molecular weight is 231 g/mol. The highest BCUT2D eigenvalue weighted by Crippen LogP contribution is 1.99. The van der Waals surface area contributed by atoms with Crippen LogP contribution in [0.4, 0.5) is 0 Å². The number of nitrogens with zero attached hydrogens (tertiary/aromatic N) is 1. The summed E-state index contributed by atoms with van der Waals surface area (Å²) in [6, 6.07) is 2.20. The maximum Gasteiger partial charge on any atom is 0.226 e. The largest absolute Gasteiger partial charge is 0.350 e. The predicted molar refractivity (Wildman–Crippen MR) is 59.1 cm³/mol. The summed E-state index contributed by atoms with van der Waals surface area (Å²) in [6.45, 7) is 3.68. The molecule has 5 nitrogen and oxygen atoms in total. The lowest BCUT2D eigenvalue weighted by atomic mass is 10.1. The van der Waals surface area contributed by atoms with Crippen LogP contribution in [0.2, 0.25) is 0 Å². The molecule has 84 valence electrons. The number of aromatic amines is 1. The van der Waals surface area contributed by atoms with Gasteiger partial charge in [0.15, 0.2) is 0 Å². The Kier molecular flexibility index (Phi) is 4.11. The van der Waals surface area contributed by atoms with Crippen molar-refractivity contribution in [3.63, 3.8) is 0 Å². The van der Waals surface area contributed by atoms with Gasteiger partial charge in [-0.15, -0.1) is 12.4 Å². The summed E-state index contributed by atoms with van der Waals surface area (Å²) in [7, 11) is 0. The first kappa shape index (κ1) is 12.0. The lowest BCUT2D eigenvalue weighted by molar-refractivity contribution is -0.121. The summed E-state index contributed by atoms with van der Waals surface area (Å²) >= 11 is 0. The zero-order valence-electron chi connectivity index (χ0n) is 8.54. The average Bonchev–Trinajstić information content (AvgIpc) is 2.44. The number of H-pyrrole nitrogens is 1. The van der Waals surface area contributed by atoms with Crippen LogP contribution in [0.5, 0.6) is 0 Å². The molecular weight excluding hydrogens is 216 g/mol. The van der Waals surface area contributed by atoms with Crippen molar-refractivity contribution < 1.29 is 4.79 Å². The zero-order valence-corrected chi connectivity index (χ0v) is 9.36. The molecule has 3 N–H and O–H groups in total. The number of hydrogen-bond acceptors (Lipinski definition) is 3. The number of hydrogen-bond donors (Lipinski definition) is 3. The highest BCUT2D eigenvalue weighted by Gasteiger charge is 2.18. The number of carbonyl (C=O) groups excluding carboxylic acids is 1. The minimum atomic E-state index is 0. The van der Waals surface area contributed by atoms with E-state index in [2.05, 4.69) is 20.8 Å². The molecule has 0 aromatic carbocycles. The number of carbonyl (C=O) groups is 1. The van der Waals surface area contributed by atoms with Gasteiger partial charge in [0.25, 0.3) is 0 Å².